The van der Waals surface area contributed by atoms with E-state index in [9.17, 15) is 10.1 Å². The Morgan fingerprint density at radius 2 is 1.90 bits per heavy atom. The Balaban J connectivity index is 1.73. The fourth-order valence-electron chi connectivity index (χ4n) is 4.63. The first kappa shape index (κ1) is 27.0. The van der Waals surface area contributed by atoms with Crippen molar-refractivity contribution in [1.82, 2.24) is 19.5 Å². The third-order valence-corrected chi connectivity index (χ3v) is 6.57. The second-order valence-electron chi connectivity index (χ2n) is 9.33. The second kappa shape index (κ2) is 10.5. The van der Waals surface area contributed by atoms with Crippen molar-refractivity contribution in [2.45, 2.75) is 13.8 Å². The lowest BCUT2D eigenvalue weighted by atomic mass is 9.96. The highest BCUT2D eigenvalue weighted by Crippen LogP contribution is 2.44. The molecule has 3 heterocycles. The standard InChI is InChI=1S/C30H23F2N7O2/c1-15(29(35)40)10-17-4-6-20(21(31)11-17)27-24(25-26(39(27)3)19(13-33)14-37-28(25)34)18-5-7-23(22(32)12-18)41-30-36-9-8-16(2)38-30/h4-12,14H,1-3H3,(H2,34,37)(H2,35,40). The highest BCUT2D eigenvalue weighted by Gasteiger charge is 2.26. The van der Waals surface area contributed by atoms with E-state index in [2.05, 4.69) is 21.0 Å². The van der Waals surface area contributed by atoms with E-state index >= 15 is 8.78 Å². The number of carbonyl (C=O) groups is 1. The van der Waals surface area contributed by atoms with Crippen LogP contribution in [-0.2, 0) is 11.8 Å². The van der Waals surface area contributed by atoms with Crippen LogP contribution >= 0.6 is 0 Å². The molecule has 0 saturated heterocycles. The molecule has 41 heavy (non-hydrogen) atoms. The summed E-state index contributed by atoms with van der Waals surface area (Å²) in [5, 5.41) is 10.2. The number of hydrogen-bond acceptors (Lipinski definition) is 7. The molecule has 1 amide bonds. The molecule has 0 fully saturated rings. The number of aryl methyl sites for hydroxylation is 2. The normalized spacial score (nSPS) is 11.5. The van der Waals surface area contributed by atoms with Gasteiger partial charge in [-0.25, -0.2) is 23.7 Å². The monoisotopic (exact) mass is 551 g/mol. The number of pyridine rings is 1. The van der Waals surface area contributed by atoms with Crippen LogP contribution in [0.25, 0.3) is 39.4 Å². The SMILES string of the molecule is CC(=Cc1ccc(-c2c(-c3ccc(Oc4nccc(C)n4)c(F)c3)c3c(N)ncc(C#N)c3n2C)c(F)c1)C(N)=O. The first-order valence-corrected chi connectivity index (χ1v) is 12.3. The molecule has 0 aliphatic rings. The van der Waals surface area contributed by atoms with Crippen LogP contribution in [0.2, 0.25) is 0 Å². The molecule has 204 valence electrons. The Kier molecular flexibility index (Phi) is 6.90. The minimum atomic E-state index is -0.721. The molecule has 0 bridgehead atoms. The lowest BCUT2D eigenvalue weighted by Gasteiger charge is -2.12. The maximum atomic E-state index is 15.7. The van der Waals surface area contributed by atoms with Crippen molar-refractivity contribution < 1.29 is 18.3 Å². The fourth-order valence-corrected chi connectivity index (χ4v) is 4.63. The number of primary amides is 1. The summed E-state index contributed by atoms with van der Waals surface area (Å²) in [7, 11) is 1.66. The van der Waals surface area contributed by atoms with Crippen molar-refractivity contribution in [2.24, 2.45) is 12.8 Å². The van der Waals surface area contributed by atoms with E-state index in [1.54, 1.807) is 36.7 Å². The van der Waals surface area contributed by atoms with Gasteiger partial charge in [-0.3, -0.25) is 4.79 Å². The van der Waals surface area contributed by atoms with Gasteiger partial charge in [0.05, 0.1) is 22.2 Å². The largest absolute Gasteiger partial charge is 0.421 e. The smallest absolute Gasteiger partial charge is 0.322 e. The molecule has 9 nitrogen and oxygen atoms in total. The summed E-state index contributed by atoms with van der Waals surface area (Å²) in [5.41, 5.74) is 14.8. The number of nitriles is 1. The summed E-state index contributed by atoms with van der Waals surface area (Å²) in [6.07, 6.45) is 4.31. The minimum absolute atomic E-state index is 0.0163. The molecule has 0 spiro atoms. The van der Waals surface area contributed by atoms with Gasteiger partial charge in [-0.1, -0.05) is 12.1 Å². The van der Waals surface area contributed by atoms with Gasteiger partial charge in [0, 0.05) is 41.8 Å². The Labute approximate surface area is 233 Å². The first-order valence-electron chi connectivity index (χ1n) is 12.3. The molecule has 0 aliphatic carbocycles. The number of benzene rings is 2. The second-order valence-corrected chi connectivity index (χ2v) is 9.33. The van der Waals surface area contributed by atoms with Crippen LogP contribution < -0.4 is 16.2 Å². The molecular weight excluding hydrogens is 528 g/mol. The number of nitrogens with zero attached hydrogens (tertiary/aromatic N) is 5. The zero-order valence-electron chi connectivity index (χ0n) is 22.2. The lowest BCUT2D eigenvalue weighted by Crippen LogP contribution is -2.11. The van der Waals surface area contributed by atoms with Gasteiger partial charge in [0.1, 0.15) is 17.7 Å². The molecule has 0 saturated carbocycles. The number of halogens is 2. The van der Waals surface area contributed by atoms with Crippen LogP contribution in [0, 0.1) is 29.9 Å². The molecule has 11 heteroatoms. The van der Waals surface area contributed by atoms with Crippen LogP contribution in [0.15, 0.2) is 60.4 Å². The Hall–Kier alpha value is -5.63. The van der Waals surface area contributed by atoms with Crippen molar-refractivity contribution >= 4 is 28.7 Å². The maximum absolute atomic E-state index is 15.7. The Bertz CT molecular complexity index is 1940. The number of nitrogen functional groups attached to an aromatic ring is 1. The summed E-state index contributed by atoms with van der Waals surface area (Å²) in [6.45, 7) is 3.28. The third-order valence-electron chi connectivity index (χ3n) is 6.57. The van der Waals surface area contributed by atoms with Gasteiger partial charge in [-0.15, -0.1) is 0 Å². The van der Waals surface area contributed by atoms with Gasteiger partial charge in [0.15, 0.2) is 11.6 Å². The number of hydrogen-bond donors (Lipinski definition) is 2. The van der Waals surface area contributed by atoms with Crippen LogP contribution in [0.1, 0.15) is 23.7 Å². The Morgan fingerprint density at radius 1 is 1.12 bits per heavy atom. The average molecular weight is 552 g/mol. The van der Waals surface area contributed by atoms with Crippen molar-refractivity contribution in [3.8, 4) is 40.2 Å². The topological polar surface area (TPSA) is 146 Å². The van der Waals surface area contributed by atoms with Crippen molar-refractivity contribution in [3.05, 3.63) is 88.9 Å². The molecule has 0 unspecified atom stereocenters. The first-order chi connectivity index (χ1) is 19.6. The molecule has 0 atom stereocenters. The molecule has 2 aromatic carbocycles. The minimum Gasteiger partial charge on any atom is -0.421 e. The van der Waals surface area contributed by atoms with Crippen LogP contribution in [0.3, 0.4) is 0 Å². The summed E-state index contributed by atoms with van der Waals surface area (Å²) in [5.74, 6) is -1.99. The number of anilines is 1. The van der Waals surface area contributed by atoms with E-state index in [4.69, 9.17) is 16.2 Å². The summed E-state index contributed by atoms with van der Waals surface area (Å²) in [4.78, 5) is 23.7. The zero-order valence-corrected chi connectivity index (χ0v) is 22.2. The van der Waals surface area contributed by atoms with Crippen molar-refractivity contribution in [2.75, 3.05) is 5.73 Å². The molecule has 5 rings (SSSR count). The van der Waals surface area contributed by atoms with Gasteiger partial charge in [0.25, 0.3) is 0 Å². The van der Waals surface area contributed by atoms with E-state index in [1.807, 2.05) is 0 Å². The highest BCUT2D eigenvalue weighted by atomic mass is 19.1. The number of carbonyl (C=O) groups excluding carboxylic acids is 1. The van der Waals surface area contributed by atoms with Gasteiger partial charge >= 0.3 is 6.01 Å². The Morgan fingerprint density at radius 3 is 2.56 bits per heavy atom. The number of amides is 1. The maximum Gasteiger partial charge on any atom is 0.322 e. The van der Waals surface area contributed by atoms with E-state index < -0.39 is 17.5 Å². The quantitative estimate of drug-likeness (QED) is 0.268. The van der Waals surface area contributed by atoms with E-state index in [1.165, 1.54) is 49.7 Å². The van der Waals surface area contributed by atoms with Gasteiger partial charge in [-0.05, 0) is 61.4 Å². The number of ether oxygens (including phenoxy) is 1. The zero-order chi connectivity index (χ0) is 29.4. The number of aromatic nitrogens is 4. The van der Waals surface area contributed by atoms with Gasteiger partial charge in [0.2, 0.25) is 5.91 Å². The van der Waals surface area contributed by atoms with E-state index in [0.29, 0.717) is 39.0 Å². The van der Waals surface area contributed by atoms with Crippen molar-refractivity contribution in [1.29, 1.82) is 5.26 Å². The molecular formula is C30H23F2N7O2. The fraction of sp³-hybridized carbons (Fsp3) is 0.100. The number of fused-ring (bicyclic) bond motifs is 1. The van der Waals surface area contributed by atoms with Crippen LogP contribution in [0.5, 0.6) is 11.8 Å². The lowest BCUT2D eigenvalue weighted by molar-refractivity contribution is -0.114. The van der Waals surface area contributed by atoms with Gasteiger partial charge < -0.3 is 20.8 Å². The number of nitrogens with two attached hydrogens (primary N) is 2. The molecule has 0 aliphatic heterocycles. The summed E-state index contributed by atoms with van der Waals surface area (Å²) >= 11 is 0. The van der Waals surface area contributed by atoms with Gasteiger partial charge in [-0.2, -0.15) is 5.26 Å². The molecule has 3 aromatic heterocycles. The van der Waals surface area contributed by atoms with E-state index in [0.717, 1.165) is 0 Å². The third kappa shape index (κ3) is 4.94. The number of rotatable bonds is 6. The molecule has 0 radical (unpaired) electrons. The predicted molar refractivity (Wildman–Crippen MR) is 150 cm³/mol. The predicted octanol–water partition coefficient (Wildman–Crippen LogP) is 5.42. The summed E-state index contributed by atoms with van der Waals surface area (Å²) in [6, 6.07) is 12.4. The van der Waals surface area contributed by atoms with Crippen LogP contribution in [-0.4, -0.2) is 25.4 Å². The highest BCUT2D eigenvalue weighted by molar-refractivity contribution is 6.10. The molecule has 4 N–H and O–H groups in total. The molecule has 5 aromatic rings. The van der Waals surface area contributed by atoms with Crippen molar-refractivity contribution in [3.63, 3.8) is 0 Å². The average Bonchev–Trinajstić information content (AvgIpc) is 3.24. The van der Waals surface area contributed by atoms with E-state index in [-0.39, 0.29) is 34.3 Å². The summed E-state index contributed by atoms with van der Waals surface area (Å²) < 4.78 is 38.3. The van der Waals surface area contributed by atoms with Crippen LogP contribution in [0.4, 0.5) is 14.6 Å².